The van der Waals surface area contributed by atoms with Crippen LogP contribution in [0.15, 0.2) is 53.0 Å². The molecule has 1 N–H and O–H groups in total. The second-order valence-electron chi connectivity index (χ2n) is 4.23. The summed E-state index contributed by atoms with van der Waals surface area (Å²) in [5.41, 5.74) is -3.69. The van der Waals surface area contributed by atoms with Crippen LogP contribution < -0.4 is 0 Å². The van der Waals surface area contributed by atoms with Gasteiger partial charge in [-0.2, -0.15) is 13.2 Å². The number of hydrogen-bond donors (Lipinski definition) is 1. The van der Waals surface area contributed by atoms with Crippen LogP contribution in [0.1, 0.15) is 11.1 Å². The molecule has 0 aromatic heterocycles. The average Bonchev–Trinajstić information content (AvgIpc) is 2.37. The van der Waals surface area contributed by atoms with Gasteiger partial charge < -0.3 is 5.11 Å². The summed E-state index contributed by atoms with van der Waals surface area (Å²) in [7, 11) is 0. The fraction of sp³-hybridized carbons (Fsp3) is 0.143. The molecule has 0 aliphatic heterocycles. The lowest BCUT2D eigenvalue weighted by Crippen LogP contribution is -2.43. The highest BCUT2D eigenvalue weighted by atomic mass is 79.9. The first kappa shape index (κ1) is 15.4. The zero-order chi connectivity index (χ0) is 15.0. The van der Waals surface area contributed by atoms with Crippen molar-refractivity contribution >= 4 is 27.5 Å². The summed E-state index contributed by atoms with van der Waals surface area (Å²) in [4.78, 5) is 0. The Morgan fingerprint density at radius 1 is 0.950 bits per heavy atom. The van der Waals surface area contributed by atoms with Gasteiger partial charge in [0, 0.05) is 9.50 Å². The van der Waals surface area contributed by atoms with E-state index in [9.17, 15) is 18.3 Å². The minimum atomic E-state index is -4.87. The van der Waals surface area contributed by atoms with Gasteiger partial charge in [-0.1, -0.05) is 51.8 Å². The molecule has 0 aliphatic carbocycles. The molecule has 2 aromatic carbocycles. The Bertz CT molecular complexity index is 613. The Balaban J connectivity index is 2.66. The third-order valence-corrected chi connectivity index (χ3v) is 3.68. The molecule has 0 radical (unpaired) electrons. The fourth-order valence-electron chi connectivity index (χ4n) is 1.90. The number of hydrogen-bond acceptors (Lipinski definition) is 1. The number of alkyl halides is 3. The van der Waals surface area contributed by atoms with E-state index in [4.69, 9.17) is 11.6 Å². The molecule has 0 saturated carbocycles. The lowest BCUT2D eigenvalue weighted by atomic mass is 9.86. The molecule has 6 heteroatoms. The lowest BCUT2D eigenvalue weighted by Gasteiger charge is -2.31. The number of halogens is 5. The molecule has 0 amide bonds. The summed E-state index contributed by atoms with van der Waals surface area (Å²) >= 11 is 8.87. The highest BCUT2D eigenvalue weighted by Crippen LogP contribution is 2.44. The SMILES string of the molecule is OC(c1ccc(Br)cc1)(c1cccc(Cl)c1)C(F)(F)F. The molecule has 0 fully saturated rings. The van der Waals surface area contributed by atoms with Gasteiger partial charge in [0.2, 0.25) is 5.60 Å². The highest BCUT2D eigenvalue weighted by molar-refractivity contribution is 9.10. The van der Waals surface area contributed by atoms with Crippen LogP contribution in [-0.4, -0.2) is 11.3 Å². The minimum absolute atomic E-state index is 0.127. The minimum Gasteiger partial charge on any atom is -0.372 e. The van der Waals surface area contributed by atoms with Crippen molar-refractivity contribution in [1.82, 2.24) is 0 Å². The Kier molecular flexibility index (Phi) is 4.14. The molecule has 106 valence electrons. The zero-order valence-electron chi connectivity index (χ0n) is 9.96. The predicted molar refractivity (Wildman–Crippen MR) is 74.6 cm³/mol. The van der Waals surface area contributed by atoms with Crippen LogP contribution in [0.25, 0.3) is 0 Å². The number of rotatable bonds is 2. The van der Waals surface area contributed by atoms with Crippen LogP contribution in [-0.2, 0) is 5.60 Å². The number of aliphatic hydroxyl groups is 1. The van der Waals surface area contributed by atoms with Crippen molar-refractivity contribution in [3.05, 3.63) is 69.2 Å². The van der Waals surface area contributed by atoms with Crippen LogP contribution in [0.5, 0.6) is 0 Å². The van der Waals surface area contributed by atoms with Gasteiger partial charge in [-0.25, -0.2) is 0 Å². The van der Waals surface area contributed by atoms with Gasteiger partial charge in [0.05, 0.1) is 0 Å². The Morgan fingerprint density at radius 2 is 1.55 bits per heavy atom. The topological polar surface area (TPSA) is 20.2 Å². The normalized spacial score (nSPS) is 14.9. The van der Waals surface area contributed by atoms with Gasteiger partial charge >= 0.3 is 6.18 Å². The van der Waals surface area contributed by atoms with Gasteiger partial charge in [-0.3, -0.25) is 0 Å². The first-order valence-electron chi connectivity index (χ1n) is 5.56. The second kappa shape index (κ2) is 5.39. The van der Waals surface area contributed by atoms with Gasteiger partial charge in [-0.15, -0.1) is 0 Å². The Morgan fingerprint density at radius 3 is 2.05 bits per heavy atom. The highest BCUT2D eigenvalue weighted by Gasteiger charge is 2.56. The van der Waals surface area contributed by atoms with Gasteiger partial charge in [0.25, 0.3) is 0 Å². The first-order chi connectivity index (χ1) is 9.25. The molecular formula is C14H9BrClF3O. The monoisotopic (exact) mass is 364 g/mol. The van der Waals surface area contributed by atoms with Crippen molar-refractivity contribution in [2.75, 3.05) is 0 Å². The van der Waals surface area contributed by atoms with Crippen LogP contribution in [0.4, 0.5) is 13.2 Å². The smallest absolute Gasteiger partial charge is 0.372 e. The zero-order valence-corrected chi connectivity index (χ0v) is 12.3. The standard InChI is InChI=1S/C14H9BrClF3O/c15-11-6-4-9(5-7-11)13(20,14(17,18)19)10-2-1-3-12(16)8-10/h1-8,20H. The fourth-order valence-corrected chi connectivity index (χ4v) is 2.35. The Hall–Kier alpha value is -1.04. The van der Waals surface area contributed by atoms with Crippen molar-refractivity contribution in [2.24, 2.45) is 0 Å². The van der Waals surface area contributed by atoms with Crippen molar-refractivity contribution in [3.8, 4) is 0 Å². The van der Waals surface area contributed by atoms with E-state index < -0.39 is 11.8 Å². The molecule has 2 aromatic rings. The van der Waals surface area contributed by atoms with Gasteiger partial charge in [0.15, 0.2) is 0 Å². The quantitative estimate of drug-likeness (QED) is 0.802. The van der Waals surface area contributed by atoms with Gasteiger partial charge in [-0.05, 0) is 35.4 Å². The molecule has 1 atom stereocenters. The summed E-state index contributed by atoms with van der Waals surface area (Å²) in [6.45, 7) is 0. The summed E-state index contributed by atoms with van der Waals surface area (Å²) < 4.78 is 40.8. The molecule has 0 spiro atoms. The van der Waals surface area contributed by atoms with Crippen LogP contribution in [0.3, 0.4) is 0 Å². The summed E-state index contributed by atoms with van der Waals surface area (Å²) in [5, 5.41) is 10.4. The molecule has 20 heavy (non-hydrogen) atoms. The van der Waals surface area contributed by atoms with Crippen LogP contribution in [0.2, 0.25) is 5.02 Å². The van der Waals surface area contributed by atoms with Gasteiger partial charge in [0.1, 0.15) is 0 Å². The van der Waals surface area contributed by atoms with E-state index in [0.717, 1.165) is 6.07 Å². The van der Waals surface area contributed by atoms with E-state index in [2.05, 4.69) is 15.9 Å². The average molecular weight is 366 g/mol. The summed E-state index contributed by atoms with van der Waals surface area (Å²) in [6, 6.07) is 10.4. The maximum absolute atomic E-state index is 13.4. The molecule has 1 unspecified atom stereocenters. The van der Waals surface area contributed by atoms with E-state index in [1.165, 1.54) is 42.5 Å². The van der Waals surface area contributed by atoms with E-state index in [1.807, 2.05) is 0 Å². The Labute approximate surface area is 127 Å². The largest absolute Gasteiger partial charge is 0.425 e. The van der Waals surface area contributed by atoms with E-state index in [-0.39, 0.29) is 16.1 Å². The van der Waals surface area contributed by atoms with Crippen molar-refractivity contribution in [2.45, 2.75) is 11.8 Å². The first-order valence-corrected chi connectivity index (χ1v) is 6.73. The van der Waals surface area contributed by atoms with Crippen molar-refractivity contribution in [1.29, 1.82) is 0 Å². The van der Waals surface area contributed by atoms with Crippen molar-refractivity contribution < 1.29 is 18.3 Å². The molecule has 0 bridgehead atoms. The van der Waals surface area contributed by atoms with E-state index in [1.54, 1.807) is 0 Å². The van der Waals surface area contributed by atoms with E-state index in [0.29, 0.717) is 4.47 Å². The molecule has 2 rings (SSSR count). The predicted octanol–water partition coefficient (Wildman–Crippen LogP) is 4.90. The maximum atomic E-state index is 13.4. The maximum Gasteiger partial charge on any atom is 0.425 e. The molecule has 0 saturated heterocycles. The van der Waals surface area contributed by atoms with Crippen LogP contribution in [0, 0.1) is 0 Å². The molecule has 1 nitrogen and oxygen atoms in total. The lowest BCUT2D eigenvalue weighted by molar-refractivity contribution is -0.248. The van der Waals surface area contributed by atoms with Crippen LogP contribution >= 0.6 is 27.5 Å². The second-order valence-corrected chi connectivity index (χ2v) is 5.58. The molecule has 0 aliphatic rings. The molecule has 0 heterocycles. The summed E-state index contributed by atoms with van der Waals surface area (Å²) in [5.74, 6) is 0. The van der Waals surface area contributed by atoms with E-state index >= 15 is 0 Å². The third-order valence-electron chi connectivity index (χ3n) is 2.91. The number of benzene rings is 2. The van der Waals surface area contributed by atoms with Crippen molar-refractivity contribution in [3.63, 3.8) is 0 Å². The third kappa shape index (κ3) is 2.71. The molecular weight excluding hydrogens is 357 g/mol. The summed E-state index contributed by atoms with van der Waals surface area (Å²) in [6.07, 6.45) is -4.87.